The number of aliphatic hydroxyl groups is 1. The van der Waals surface area contributed by atoms with E-state index in [1.807, 2.05) is 0 Å². The van der Waals surface area contributed by atoms with Crippen molar-refractivity contribution in [2.24, 2.45) is 35.0 Å². The molecule has 1 N–H and O–H groups in total. The number of carbonyl (C=O) groups is 1. The molecule has 0 heterocycles. The van der Waals surface area contributed by atoms with Crippen LogP contribution in [0.15, 0.2) is 12.2 Å². The molecule has 158 valence electrons. The molecule has 5 fully saturated rings. The van der Waals surface area contributed by atoms with E-state index < -0.39 is 41.9 Å². The molecule has 5 aliphatic carbocycles. The number of hydrogen-bond acceptors (Lipinski definition) is 3. The van der Waals surface area contributed by atoms with Gasteiger partial charge in [0.25, 0.3) is 5.60 Å². The van der Waals surface area contributed by atoms with Crippen molar-refractivity contribution in [3.63, 3.8) is 0 Å². The average molecular weight is 412 g/mol. The molecule has 0 radical (unpaired) electrons. The number of hydrogen-bond donors (Lipinski definition) is 1. The zero-order valence-corrected chi connectivity index (χ0v) is 15.2. The summed E-state index contributed by atoms with van der Waals surface area (Å²) in [4.78, 5) is 11.9. The fourth-order valence-electron chi connectivity index (χ4n) is 6.82. The molecule has 4 bridgehead atoms. The van der Waals surface area contributed by atoms with E-state index in [0.29, 0.717) is 36.5 Å². The van der Waals surface area contributed by atoms with Crippen molar-refractivity contribution in [2.45, 2.75) is 63.1 Å². The quantitative estimate of drug-likeness (QED) is 0.414. The lowest BCUT2D eigenvalue weighted by molar-refractivity contribution is -0.393. The normalized spacial score (nSPS) is 39.6. The maximum absolute atomic E-state index is 13.5. The Morgan fingerprint density at radius 2 is 1.79 bits per heavy atom. The third kappa shape index (κ3) is 2.57. The standard InChI is InChI=1S/C19H22F6O3/c1-8(2)15(26)28-12(17(27,18(20,21)22)19(23,24)25)7-16-5-9-3-10(6-16)13-11(4-9)14(13)16/h9-14,27H,1,3-7H2,2H3. The Bertz CT molecular complexity index is 699. The highest BCUT2D eigenvalue weighted by Crippen LogP contribution is 2.81. The van der Waals surface area contributed by atoms with E-state index in [9.17, 15) is 36.2 Å². The van der Waals surface area contributed by atoms with E-state index >= 15 is 0 Å². The summed E-state index contributed by atoms with van der Waals surface area (Å²) < 4.78 is 85.7. The molecule has 0 aromatic rings. The van der Waals surface area contributed by atoms with Crippen LogP contribution in [0.4, 0.5) is 26.3 Å². The summed E-state index contributed by atoms with van der Waals surface area (Å²) in [5.74, 6) is 0.0462. The first-order valence-electron chi connectivity index (χ1n) is 9.43. The Kier molecular flexibility index (Phi) is 4.06. The Morgan fingerprint density at radius 3 is 2.29 bits per heavy atom. The topological polar surface area (TPSA) is 46.5 Å². The largest absolute Gasteiger partial charge is 0.455 e. The van der Waals surface area contributed by atoms with Crippen molar-refractivity contribution in [1.29, 1.82) is 0 Å². The summed E-state index contributed by atoms with van der Waals surface area (Å²) in [6, 6.07) is 0. The van der Waals surface area contributed by atoms with E-state index in [0.717, 1.165) is 19.8 Å². The maximum Gasteiger partial charge on any atom is 0.430 e. The lowest BCUT2D eigenvalue weighted by Gasteiger charge is -2.49. The van der Waals surface area contributed by atoms with E-state index in [-0.39, 0.29) is 11.5 Å². The molecule has 0 aliphatic heterocycles. The molecule has 0 aromatic carbocycles. The van der Waals surface area contributed by atoms with Gasteiger partial charge in [0.05, 0.1) is 0 Å². The van der Waals surface area contributed by atoms with Gasteiger partial charge in [0.15, 0.2) is 0 Å². The summed E-state index contributed by atoms with van der Waals surface area (Å²) in [5.41, 5.74) is -6.18. The van der Waals surface area contributed by atoms with E-state index in [2.05, 4.69) is 11.3 Å². The molecule has 5 rings (SSSR count). The molecule has 5 aliphatic rings. The minimum absolute atomic E-state index is 0.0768. The highest BCUT2D eigenvalue weighted by atomic mass is 19.4. The Balaban J connectivity index is 1.70. The van der Waals surface area contributed by atoms with Gasteiger partial charge in [-0.25, -0.2) is 4.79 Å². The van der Waals surface area contributed by atoms with Crippen LogP contribution in [0.1, 0.15) is 39.0 Å². The summed E-state index contributed by atoms with van der Waals surface area (Å²) in [5, 5.41) is 9.95. The predicted octanol–water partition coefficient (Wildman–Crippen LogP) is 4.40. The van der Waals surface area contributed by atoms with Gasteiger partial charge >= 0.3 is 18.3 Å². The molecule has 0 spiro atoms. The highest BCUT2D eigenvalue weighted by molar-refractivity contribution is 5.87. The fraction of sp³-hybridized carbons (Fsp3) is 0.842. The molecule has 0 saturated heterocycles. The Labute approximate surface area is 158 Å². The predicted molar refractivity (Wildman–Crippen MR) is 84.7 cm³/mol. The van der Waals surface area contributed by atoms with Gasteiger partial charge in [-0.1, -0.05) is 6.58 Å². The second-order valence-electron chi connectivity index (χ2n) is 9.28. The van der Waals surface area contributed by atoms with Crippen LogP contribution in [0.3, 0.4) is 0 Å². The van der Waals surface area contributed by atoms with Crippen molar-refractivity contribution >= 4 is 5.97 Å². The number of esters is 1. The number of halogens is 6. The SMILES string of the molecule is C=C(C)C(=O)OC(CC12CC3CC(C1)C1C(C3)C12)C(O)(C(F)(F)F)C(F)(F)F. The molecule has 3 nitrogen and oxygen atoms in total. The number of alkyl halides is 6. The summed E-state index contributed by atoms with van der Waals surface area (Å²) in [7, 11) is 0. The van der Waals surface area contributed by atoms with Gasteiger partial charge in [-0.15, -0.1) is 0 Å². The molecule has 7 atom stereocenters. The Hall–Kier alpha value is -1.25. The average Bonchev–Trinajstić information content (AvgIpc) is 3.21. The Morgan fingerprint density at radius 1 is 1.18 bits per heavy atom. The smallest absolute Gasteiger partial charge is 0.430 e. The van der Waals surface area contributed by atoms with E-state index in [1.54, 1.807) is 0 Å². The summed E-state index contributed by atoms with van der Waals surface area (Å²) >= 11 is 0. The zero-order chi connectivity index (χ0) is 20.9. The first kappa shape index (κ1) is 20.0. The van der Waals surface area contributed by atoms with Crippen LogP contribution in [0.25, 0.3) is 0 Å². The summed E-state index contributed by atoms with van der Waals surface area (Å²) in [6.07, 6.45) is -12.4. The third-order valence-corrected chi connectivity index (χ3v) is 7.61. The number of rotatable bonds is 5. The minimum Gasteiger partial charge on any atom is -0.455 e. The molecule has 28 heavy (non-hydrogen) atoms. The molecule has 7 unspecified atom stereocenters. The van der Waals surface area contributed by atoms with Gasteiger partial charge in [-0.2, -0.15) is 26.3 Å². The number of ether oxygens (including phenoxy) is 1. The highest BCUT2D eigenvalue weighted by Gasteiger charge is 2.79. The van der Waals surface area contributed by atoms with Gasteiger partial charge < -0.3 is 9.84 Å². The molecular formula is C19H22F6O3. The lowest BCUT2D eigenvalue weighted by atomic mass is 9.57. The van der Waals surface area contributed by atoms with Gasteiger partial charge in [0.2, 0.25) is 0 Å². The van der Waals surface area contributed by atoms with Crippen LogP contribution < -0.4 is 0 Å². The fourth-order valence-corrected chi connectivity index (χ4v) is 6.82. The molecule has 9 heteroatoms. The number of carbonyl (C=O) groups excluding carboxylic acids is 1. The van der Waals surface area contributed by atoms with Crippen molar-refractivity contribution in [3.8, 4) is 0 Å². The van der Waals surface area contributed by atoms with Crippen LogP contribution >= 0.6 is 0 Å². The van der Waals surface area contributed by atoms with Crippen molar-refractivity contribution in [1.82, 2.24) is 0 Å². The van der Waals surface area contributed by atoms with Crippen LogP contribution in [0.2, 0.25) is 0 Å². The third-order valence-electron chi connectivity index (χ3n) is 7.61. The molecule has 0 amide bonds. The molecular weight excluding hydrogens is 390 g/mol. The zero-order valence-electron chi connectivity index (χ0n) is 15.2. The van der Waals surface area contributed by atoms with Crippen molar-refractivity contribution < 1.29 is 41.0 Å². The maximum atomic E-state index is 13.5. The van der Waals surface area contributed by atoms with Gasteiger partial charge in [0, 0.05) is 5.57 Å². The first-order chi connectivity index (χ1) is 12.7. The van der Waals surface area contributed by atoms with Crippen LogP contribution in [0, 0.1) is 35.0 Å². The van der Waals surface area contributed by atoms with Gasteiger partial charge in [-0.05, 0) is 74.0 Å². The van der Waals surface area contributed by atoms with Crippen molar-refractivity contribution in [2.75, 3.05) is 0 Å². The molecule has 0 aromatic heterocycles. The van der Waals surface area contributed by atoms with E-state index in [4.69, 9.17) is 0 Å². The van der Waals surface area contributed by atoms with Crippen LogP contribution in [-0.4, -0.2) is 35.1 Å². The van der Waals surface area contributed by atoms with Gasteiger partial charge in [-0.3, -0.25) is 0 Å². The summed E-state index contributed by atoms with van der Waals surface area (Å²) in [6.45, 7) is 4.37. The van der Waals surface area contributed by atoms with Crippen molar-refractivity contribution in [3.05, 3.63) is 12.2 Å². The van der Waals surface area contributed by atoms with Crippen LogP contribution in [0.5, 0.6) is 0 Å². The molecule has 5 saturated carbocycles. The van der Waals surface area contributed by atoms with Gasteiger partial charge in [0.1, 0.15) is 6.10 Å². The monoisotopic (exact) mass is 412 g/mol. The van der Waals surface area contributed by atoms with Crippen LogP contribution in [-0.2, 0) is 9.53 Å². The lowest BCUT2D eigenvalue weighted by Crippen LogP contribution is -2.66. The van der Waals surface area contributed by atoms with E-state index in [1.165, 1.54) is 0 Å². The second kappa shape index (κ2) is 5.67. The first-order valence-corrected chi connectivity index (χ1v) is 9.43. The second-order valence-corrected chi connectivity index (χ2v) is 9.28. The minimum atomic E-state index is -6.04.